The molecule has 1 aromatic rings. The van der Waals surface area contributed by atoms with Crippen molar-refractivity contribution in [3.05, 3.63) is 28.8 Å². The second-order valence-corrected chi connectivity index (χ2v) is 7.82. The van der Waals surface area contributed by atoms with E-state index in [1.807, 2.05) is 13.8 Å². The normalized spacial score (nSPS) is 16.1. The Morgan fingerprint density at radius 1 is 1.40 bits per heavy atom. The molecule has 1 fully saturated rings. The van der Waals surface area contributed by atoms with Crippen LogP contribution in [0.5, 0.6) is 0 Å². The first-order chi connectivity index (χ1) is 9.36. The summed E-state index contributed by atoms with van der Waals surface area (Å²) in [6.07, 6.45) is 2.20. The van der Waals surface area contributed by atoms with E-state index in [-0.39, 0.29) is 17.5 Å². The van der Waals surface area contributed by atoms with Crippen molar-refractivity contribution < 1.29 is 13.5 Å². The molecule has 1 saturated carbocycles. The van der Waals surface area contributed by atoms with Crippen LogP contribution in [0.3, 0.4) is 0 Å². The Kier molecular flexibility index (Phi) is 4.74. The van der Waals surface area contributed by atoms with Gasteiger partial charge in [0.05, 0.1) is 11.5 Å². The predicted molar refractivity (Wildman–Crippen MR) is 79.1 cm³/mol. The van der Waals surface area contributed by atoms with Gasteiger partial charge in [-0.3, -0.25) is 0 Å². The molecule has 0 spiro atoms. The van der Waals surface area contributed by atoms with Gasteiger partial charge in [-0.15, -0.1) is 0 Å². The van der Waals surface area contributed by atoms with Crippen LogP contribution in [-0.4, -0.2) is 30.4 Å². The van der Waals surface area contributed by atoms with Crippen LogP contribution in [0.15, 0.2) is 23.1 Å². The quantitative estimate of drug-likeness (QED) is 0.877. The van der Waals surface area contributed by atoms with Crippen LogP contribution < -0.4 is 0 Å². The van der Waals surface area contributed by atoms with Gasteiger partial charge in [0.25, 0.3) is 0 Å². The van der Waals surface area contributed by atoms with E-state index in [2.05, 4.69) is 0 Å². The van der Waals surface area contributed by atoms with Gasteiger partial charge < -0.3 is 5.11 Å². The van der Waals surface area contributed by atoms with Gasteiger partial charge in [0.2, 0.25) is 10.0 Å². The monoisotopic (exact) mass is 317 g/mol. The summed E-state index contributed by atoms with van der Waals surface area (Å²) in [5.41, 5.74) is 0.433. The highest BCUT2D eigenvalue weighted by Crippen LogP contribution is 2.33. The summed E-state index contributed by atoms with van der Waals surface area (Å²) in [5, 5.41) is 9.60. The summed E-state index contributed by atoms with van der Waals surface area (Å²) in [7, 11) is -3.54. The third-order valence-corrected chi connectivity index (χ3v) is 5.91. The molecule has 0 unspecified atom stereocenters. The van der Waals surface area contributed by atoms with E-state index in [0.717, 1.165) is 12.8 Å². The zero-order valence-electron chi connectivity index (χ0n) is 11.7. The van der Waals surface area contributed by atoms with Gasteiger partial charge in [-0.1, -0.05) is 11.6 Å². The zero-order valence-corrected chi connectivity index (χ0v) is 13.3. The van der Waals surface area contributed by atoms with Crippen LogP contribution >= 0.6 is 11.6 Å². The van der Waals surface area contributed by atoms with E-state index >= 15 is 0 Å². The lowest BCUT2D eigenvalue weighted by Gasteiger charge is -2.26. The predicted octanol–water partition coefficient (Wildman–Crippen LogP) is 2.64. The largest absolute Gasteiger partial charge is 0.392 e. The zero-order chi connectivity index (χ0) is 14.9. The molecule has 112 valence electrons. The van der Waals surface area contributed by atoms with Crippen molar-refractivity contribution in [3.63, 3.8) is 0 Å². The fourth-order valence-electron chi connectivity index (χ4n) is 2.11. The molecule has 1 aliphatic carbocycles. The average molecular weight is 318 g/mol. The lowest BCUT2D eigenvalue weighted by Crippen LogP contribution is -2.38. The molecule has 20 heavy (non-hydrogen) atoms. The molecule has 1 aromatic carbocycles. The van der Waals surface area contributed by atoms with E-state index < -0.39 is 10.0 Å². The second-order valence-electron chi connectivity index (χ2n) is 5.52. The fourth-order valence-corrected chi connectivity index (χ4v) is 4.05. The molecule has 0 amide bonds. The Morgan fingerprint density at radius 2 is 2.05 bits per heavy atom. The van der Waals surface area contributed by atoms with E-state index in [1.165, 1.54) is 22.5 Å². The molecule has 0 radical (unpaired) electrons. The molecule has 0 bridgehead atoms. The summed E-state index contributed by atoms with van der Waals surface area (Å²) in [6.45, 7) is 4.05. The van der Waals surface area contributed by atoms with Crippen LogP contribution in [0.2, 0.25) is 5.02 Å². The Balaban J connectivity index is 2.36. The van der Waals surface area contributed by atoms with Crippen LogP contribution in [0, 0.1) is 5.92 Å². The summed E-state index contributed by atoms with van der Waals surface area (Å²) in [4.78, 5) is 0.195. The number of sulfonamides is 1. The summed E-state index contributed by atoms with van der Waals surface area (Å²) in [5.74, 6) is 0.483. The van der Waals surface area contributed by atoms with Crippen molar-refractivity contribution in [2.45, 2.75) is 44.2 Å². The molecule has 0 aliphatic heterocycles. The molecule has 0 atom stereocenters. The van der Waals surface area contributed by atoms with Gasteiger partial charge in [0, 0.05) is 17.6 Å². The SMILES string of the molecule is CC(C)N(CC1CC1)S(=O)(=O)c1ccc(Cl)c(CO)c1. The molecule has 4 nitrogen and oxygen atoms in total. The van der Waals surface area contributed by atoms with Gasteiger partial charge in [0.1, 0.15) is 0 Å². The molecule has 0 aromatic heterocycles. The molecule has 2 rings (SSSR count). The number of aliphatic hydroxyl groups excluding tert-OH is 1. The third kappa shape index (κ3) is 3.34. The number of aliphatic hydroxyl groups is 1. The summed E-state index contributed by atoms with van der Waals surface area (Å²) < 4.78 is 27.0. The average Bonchev–Trinajstić information content (AvgIpc) is 3.19. The highest BCUT2D eigenvalue weighted by molar-refractivity contribution is 7.89. The topological polar surface area (TPSA) is 57.6 Å². The molecule has 1 aliphatic rings. The van der Waals surface area contributed by atoms with E-state index in [1.54, 1.807) is 0 Å². The molecular formula is C14H20ClNO3S. The van der Waals surface area contributed by atoms with Crippen LogP contribution in [0.1, 0.15) is 32.3 Å². The van der Waals surface area contributed by atoms with Crippen molar-refractivity contribution in [2.75, 3.05) is 6.54 Å². The minimum absolute atomic E-state index is 0.0890. The lowest BCUT2D eigenvalue weighted by atomic mass is 10.2. The van der Waals surface area contributed by atoms with Gasteiger partial charge in [-0.05, 0) is 56.4 Å². The molecular weight excluding hydrogens is 298 g/mol. The minimum atomic E-state index is -3.54. The van der Waals surface area contributed by atoms with Crippen LogP contribution in [-0.2, 0) is 16.6 Å². The van der Waals surface area contributed by atoms with Crippen molar-refractivity contribution in [2.24, 2.45) is 5.92 Å². The highest BCUT2D eigenvalue weighted by atomic mass is 35.5. The Labute approximate surface area is 125 Å². The first-order valence-electron chi connectivity index (χ1n) is 6.77. The van der Waals surface area contributed by atoms with E-state index in [9.17, 15) is 13.5 Å². The third-order valence-electron chi connectivity index (χ3n) is 3.51. The van der Waals surface area contributed by atoms with Gasteiger partial charge in [0.15, 0.2) is 0 Å². The lowest BCUT2D eigenvalue weighted by molar-refractivity contribution is 0.281. The standard InChI is InChI=1S/C14H20ClNO3S/c1-10(2)16(8-11-3-4-11)20(18,19)13-5-6-14(15)12(7-13)9-17/h5-7,10-11,17H,3-4,8-9H2,1-2H3. The van der Waals surface area contributed by atoms with Gasteiger partial charge in [-0.25, -0.2) is 8.42 Å². The number of nitrogens with zero attached hydrogens (tertiary/aromatic N) is 1. The van der Waals surface area contributed by atoms with Crippen molar-refractivity contribution in [3.8, 4) is 0 Å². The van der Waals surface area contributed by atoms with Gasteiger partial charge >= 0.3 is 0 Å². The molecule has 1 N–H and O–H groups in total. The summed E-state index contributed by atoms with van der Waals surface area (Å²) in [6, 6.07) is 4.39. The summed E-state index contributed by atoms with van der Waals surface area (Å²) >= 11 is 5.91. The maximum absolute atomic E-state index is 12.7. The number of hydrogen-bond donors (Lipinski definition) is 1. The number of benzene rings is 1. The number of rotatable bonds is 6. The van der Waals surface area contributed by atoms with Crippen LogP contribution in [0.25, 0.3) is 0 Å². The van der Waals surface area contributed by atoms with Crippen LogP contribution in [0.4, 0.5) is 0 Å². The van der Waals surface area contributed by atoms with E-state index in [4.69, 9.17) is 11.6 Å². The number of hydrogen-bond acceptors (Lipinski definition) is 3. The second kappa shape index (κ2) is 6.02. The smallest absolute Gasteiger partial charge is 0.243 e. The fraction of sp³-hybridized carbons (Fsp3) is 0.571. The Morgan fingerprint density at radius 3 is 2.55 bits per heavy atom. The molecule has 6 heteroatoms. The molecule has 0 heterocycles. The first-order valence-corrected chi connectivity index (χ1v) is 8.59. The van der Waals surface area contributed by atoms with Crippen molar-refractivity contribution in [1.82, 2.24) is 4.31 Å². The molecule has 0 saturated heterocycles. The minimum Gasteiger partial charge on any atom is -0.392 e. The number of halogens is 1. The van der Waals surface area contributed by atoms with Crippen molar-refractivity contribution >= 4 is 21.6 Å². The first kappa shape index (κ1) is 15.8. The van der Waals surface area contributed by atoms with E-state index in [0.29, 0.717) is 23.0 Å². The highest BCUT2D eigenvalue weighted by Gasteiger charge is 2.33. The van der Waals surface area contributed by atoms with Crippen molar-refractivity contribution in [1.29, 1.82) is 0 Å². The Hall–Kier alpha value is -0.620. The maximum atomic E-state index is 12.7. The van der Waals surface area contributed by atoms with Gasteiger partial charge in [-0.2, -0.15) is 4.31 Å². The Bertz CT molecular complexity index is 582. The maximum Gasteiger partial charge on any atom is 0.243 e.